The van der Waals surface area contributed by atoms with E-state index in [2.05, 4.69) is 0 Å². The summed E-state index contributed by atoms with van der Waals surface area (Å²) in [5.74, 6) is 0. The third-order valence-electron chi connectivity index (χ3n) is 0.705. The Morgan fingerprint density at radius 1 is 1.56 bits per heavy atom. The molecule has 9 heavy (non-hydrogen) atoms. The van der Waals surface area contributed by atoms with Gasteiger partial charge in [-0.15, -0.1) is 0 Å². The first-order valence-corrected chi connectivity index (χ1v) is 4.00. The molecular formula is C5H11O3Y. The van der Waals surface area contributed by atoms with Gasteiger partial charge in [0.1, 0.15) is 0 Å². The molecule has 0 aromatic heterocycles. The van der Waals surface area contributed by atoms with Crippen LogP contribution in [0.3, 0.4) is 0 Å². The van der Waals surface area contributed by atoms with Crippen molar-refractivity contribution in [3.05, 3.63) is 0 Å². The van der Waals surface area contributed by atoms with Crippen molar-refractivity contribution in [2.45, 2.75) is 13.0 Å². The van der Waals surface area contributed by atoms with Crippen LogP contribution >= 0.6 is 0 Å². The van der Waals surface area contributed by atoms with Gasteiger partial charge in [-0.1, -0.05) is 0 Å². The summed E-state index contributed by atoms with van der Waals surface area (Å²) in [4.78, 5) is 0. The van der Waals surface area contributed by atoms with Crippen LogP contribution < -0.4 is 0 Å². The third-order valence-corrected chi connectivity index (χ3v) is 1.28. The number of aliphatic hydroxyl groups excluding tert-OH is 1. The van der Waals surface area contributed by atoms with Crippen LogP contribution in [0.15, 0.2) is 0 Å². The monoisotopic (exact) mass is 208 g/mol. The van der Waals surface area contributed by atoms with Gasteiger partial charge in [-0.2, -0.15) is 0 Å². The molecule has 0 rings (SSSR count). The van der Waals surface area contributed by atoms with Crippen molar-refractivity contribution in [3.63, 3.8) is 0 Å². The van der Waals surface area contributed by atoms with Crippen LogP contribution in [0.25, 0.3) is 0 Å². The molecular weight excluding hydrogens is 197 g/mol. The molecule has 0 bridgehead atoms. The molecule has 0 radical (unpaired) electrons. The Bertz CT molecular complexity index is 58.2. The normalized spacial score (nSPS) is 13.4. The molecule has 0 aromatic carbocycles. The molecule has 52 valence electrons. The zero-order valence-electron chi connectivity index (χ0n) is 5.54. The maximum absolute atomic E-state index is 8.69. The summed E-state index contributed by atoms with van der Waals surface area (Å²) >= 11 is 0.814. The topological polar surface area (TPSA) is 38.7 Å². The van der Waals surface area contributed by atoms with Crippen molar-refractivity contribution in [2.24, 2.45) is 0 Å². The number of hydrogen-bond donors (Lipinski definition) is 1. The van der Waals surface area contributed by atoms with E-state index < -0.39 is 0 Å². The van der Waals surface area contributed by atoms with Crippen molar-refractivity contribution < 1.29 is 43.4 Å². The van der Waals surface area contributed by atoms with Crippen LogP contribution in [0.4, 0.5) is 0 Å². The Hall–Kier alpha value is 0.984. The fraction of sp³-hybridized carbons (Fsp3) is 1.00. The number of rotatable bonds is 5. The SMILES string of the molecule is CC(O)COCC[O][Y]. The summed E-state index contributed by atoms with van der Waals surface area (Å²) in [6, 6.07) is 0. The minimum atomic E-state index is -0.363. The third kappa shape index (κ3) is 8.98. The van der Waals surface area contributed by atoms with Crippen LogP contribution in [0.2, 0.25) is 0 Å². The second kappa shape index (κ2) is 7.10. The Labute approximate surface area is 76.0 Å². The van der Waals surface area contributed by atoms with Gasteiger partial charge in [0.25, 0.3) is 0 Å². The molecule has 0 fully saturated rings. The molecule has 0 saturated heterocycles. The molecule has 0 aromatic rings. The second-order valence-electron chi connectivity index (χ2n) is 1.79. The summed E-state index contributed by atoms with van der Waals surface area (Å²) in [6.07, 6.45) is -0.363. The summed E-state index contributed by atoms with van der Waals surface area (Å²) in [7, 11) is 0. The van der Waals surface area contributed by atoms with Gasteiger partial charge in [-0.3, -0.25) is 0 Å². The van der Waals surface area contributed by atoms with Gasteiger partial charge in [0.05, 0.1) is 0 Å². The standard InChI is InChI=1S/C5H11O3.Y/c1-5(7)4-8-3-2-6;/h5,7H,2-4H2,1H3;/q-1;+1. The van der Waals surface area contributed by atoms with E-state index in [1.165, 1.54) is 0 Å². The maximum atomic E-state index is 8.69. The predicted octanol–water partition coefficient (Wildman–Crippen LogP) is -0.138. The van der Waals surface area contributed by atoms with Gasteiger partial charge in [-0.25, -0.2) is 0 Å². The fourth-order valence-electron chi connectivity index (χ4n) is 0.361. The molecule has 4 heteroatoms. The summed E-state index contributed by atoms with van der Waals surface area (Å²) in [6.45, 7) is 3.34. The molecule has 0 aliphatic heterocycles. The summed E-state index contributed by atoms with van der Waals surface area (Å²) < 4.78 is 9.83. The first kappa shape index (κ1) is 9.98. The first-order valence-electron chi connectivity index (χ1n) is 2.85. The minimum absolute atomic E-state index is 0.363. The summed E-state index contributed by atoms with van der Waals surface area (Å²) in [5, 5.41) is 8.69. The van der Waals surface area contributed by atoms with E-state index in [-0.39, 0.29) is 6.10 Å². The molecule has 1 N–H and O–H groups in total. The Morgan fingerprint density at radius 2 is 2.22 bits per heavy atom. The fourth-order valence-corrected chi connectivity index (χ4v) is 0.597. The van der Waals surface area contributed by atoms with Gasteiger partial charge in [-0.05, 0) is 0 Å². The molecule has 0 saturated carbocycles. The summed E-state index contributed by atoms with van der Waals surface area (Å²) in [5.41, 5.74) is 0. The van der Waals surface area contributed by atoms with Gasteiger partial charge < -0.3 is 0 Å². The van der Waals surface area contributed by atoms with Gasteiger partial charge in [0.2, 0.25) is 0 Å². The van der Waals surface area contributed by atoms with E-state index >= 15 is 0 Å². The van der Waals surface area contributed by atoms with Crippen molar-refractivity contribution in [1.29, 1.82) is 0 Å². The Balaban J connectivity index is 2.75. The van der Waals surface area contributed by atoms with E-state index in [0.29, 0.717) is 19.8 Å². The molecule has 1 unspecified atom stereocenters. The second-order valence-corrected chi connectivity index (χ2v) is 2.61. The first-order chi connectivity index (χ1) is 4.27. The van der Waals surface area contributed by atoms with Gasteiger partial charge in [0, 0.05) is 0 Å². The molecule has 0 spiro atoms. The Kier molecular flexibility index (Phi) is 7.87. The van der Waals surface area contributed by atoms with Gasteiger partial charge in [0.15, 0.2) is 0 Å². The van der Waals surface area contributed by atoms with Gasteiger partial charge >= 0.3 is 76.2 Å². The van der Waals surface area contributed by atoms with E-state index in [9.17, 15) is 0 Å². The van der Waals surface area contributed by atoms with E-state index in [4.69, 9.17) is 11.9 Å². The van der Waals surface area contributed by atoms with Crippen molar-refractivity contribution >= 4 is 0 Å². The quantitative estimate of drug-likeness (QED) is 0.639. The number of hydrogen-bond acceptors (Lipinski definition) is 3. The average Bonchev–Trinajstić information content (AvgIpc) is 1.80. The molecule has 1 atom stereocenters. The van der Waals surface area contributed by atoms with Crippen LogP contribution in [0.5, 0.6) is 0 Å². The zero-order chi connectivity index (χ0) is 7.11. The predicted molar refractivity (Wildman–Crippen MR) is 28.5 cm³/mol. The number of aliphatic hydroxyl groups is 1. The average molecular weight is 208 g/mol. The molecule has 0 heterocycles. The molecule has 3 nitrogen and oxygen atoms in total. The van der Waals surface area contributed by atoms with Crippen molar-refractivity contribution in [1.82, 2.24) is 0 Å². The molecule has 0 amide bonds. The van der Waals surface area contributed by atoms with Crippen LogP contribution in [0.1, 0.15) is 6.92 Å². The van der Waals surface area contributed by atoms with Crippen molar-refractivity contribution in [2.75, 3.05) is 19.8 Å². The van der Waals surface area contributed by atoms with E-state index in [0.717, 1.165) is 31.5 Å². The Morgan fingerprint density at radius 3 is 2.67 bits per heavy atom. The number of ether oxygens (including phenoxy) is 1. The van der Waals surface area contributed by atoms with E-state index in [1.807, 2.05) is 0 Å². The van der Waals surface area contributed by atoms with Crippen LogP contribution in [-0.2, 0) is 38.3 Å². The van der Waals surface area contributed by atoms with Crippen LogP contribution in [-0.4, -0.2) is 31.0 Å². The molecule has 0 aliphatic carbocycles. The molecule has 0 aliphatic rings. The van der Waals surface area contributed by atoms with E-state index in [1.54, 1.807) is 6.92 Å². The van der Waals surface area contributed by atoms with Crippen LogP contribution in [0, 0.1) is 0 Å². The zero-order valence-corrected chi connectivity index (χ0v) is 8.38. The van der Waals surface area contributed by atoms with Crippen molar-refractivity contribution in [3.8, 4) is 0 Å².